The number of anilines is 3. The molecule has 2 saturated heterocycles. The molecule has 1 N–H and O–H groups in total. The Bertz CT molecular complexity index is 1290. The van der Waals surface area contributed by atoms with Gasteiger partial charge in [-0.2, -0.15) is 0 Å². The van der Waals surface area contributed by atoms with Crippen molar-refractivity contribution >= 4 is 39.8 Å². The normalized spacial score (nSPS) is 18.1. The van der Waals surface area contributed by atoms with Gasteiger partial charge >= 0.3 is 0 Å². The number of carbonyl (C=O) groups excluding carboxylic acids is 2. The second-order valence-corrected chi connectivity index (χ2v) is 10.4. The van der Waals surface area contributed by atoms with Crippen LogP contribution in [-0.2, 0) is 9.53 Å². The number of nitrogens with one attached hydrogen (secondary N) is 1. The second-order valence-electron chi connectivity index (χ2n) is 9.58. The summed E-state index contributed by atoms with van der Waals surface area (Å²) in [6.45, 7) is 11.2. The first-order chi connectivity index (χ1) is 17.3. The van der Waals surface area contributed by atoms with Crippen LogP contribution in [0.1, 0.15) is 40.4 Å². The van der Waals surface area contributed by atoms with Crippen molar-refractivity contribution in [3.8, 4) is 11.3 Å². The van der Waals surface area contributed by atoms with Gasteiger partial charge in [0.2, 0.25) is 5.91 Å². The molecule has 4 heterocycles. The topological polar surface area (TPSA) is 87.7 Å². The van der Waals surface area contributed by atoms with Crippen LogP contribution < -0.4 is 15.1 Å². The minimum atomic E-state index is -0.299. The van der Waals surface area contributed by atoms with Gasteiger partial charge in [-0.3, -0.25) is 14.9 Å². The molecule has 1 atom stereocenters. The van der Waals surface area contributed by atoms with Gasteiger partial charge in [0.1, 0.15) is 0 Å². The summed E-state index contributed by atoms with van der Waals surface area (Å²) < 4.78 is 5.51. The Morgan fingerprint density at radius 3 is 2.53 bits per heavy atom. The molecule has 0 bridgehead atoms. The van der Waals surface area contributed by atoms with Gasteiger partial charge < -0.3 is 14.5 Å². The molecular formula is C27H31N5O3S. The third-order valence-electron chi connectivity index (χ3n) is 6.86. The van der Waals surface area contributed by atoms with Crippen molar-refractivity contribution in [3.63, 3.8) is 0 Å². The van der Waals surface area contributed by atoms with E-state index < -0.39 is 0 Å². The standard InChI is InChI=1S/C27H31N5O3S/c1-16-13-18(3)22(19(4)14-16)21-15-36-27(29-21)30-25(33)20-5-7-28-24(31-9-11-35-12-10-31)23(20)32-8-6-17(2)26(32)34/h5,7,13-15,17H,6,8-12H2,1-4H3,(H,29,30,33). The Kier molecular flexibility index (Phi) is 6.77. The summed E-state index contributed by atoms with van der Waals surface area (Å²) in [4.78, 5) is 39.8. The number of morpholine rings is 1. The summed E-state index contributed by atoms with van der Waals surface area (Å²) in [5, 5.41) is 5.47. The van der Waals surface area contributed by atoms with E-state index in [1.165, 1.54) is 16.9 Å². The molecule has 3 aromatic rings. The molecule has 8 nitrogen and oxygen atoms in total. The zero-order valence-corrected chi connectivity index (χ0v) is 21.9. The van der Waals surface area contributed by atoms with E-state index in [2.05, 4.69) is 48.1 Å². The van der Waals surface area contributed by atoms with Crippen molar-refractivity contribution < 1.29 is 14.3 Å². The largest absolute Gasteiger partial charge is 0.378 e. The van der Waals surface area contributed by atoms with Gasteiger partial charge in [-0.25, -0.2) is 9.97 Å². The quantitative estimate of drug-likeness (QED) is 0.546. The highest BCUT2D eigenvalue weighted by molar-refractivity contribution is 7.14. The lowest BCUT2D eigenvalue weighted by Gasteiger charge is -2.32. The number of hydrogen-bond donors (Lipinski definition) is 1. The van der Waals surface area contributed by atoms with Crippen LogP contribution in [0.4, 0.5) is 16.6 Å². The summed E-state index contributed by atoms with van der Waals surface area (Å²) in [5.74, 6) is 0.293. The Labute approximate surface area is 215 Å². The SMILES string of the molecule is Cc1cc(C)c(-c2csc(NC(=O)c3ccnc(N4CCOCC4)c3N3CCC(C)C3=O)n2)c(C)c1. The van der Waals surface area contributed by atoms with Crippen LogP contribution in [0.3, 0.4) is 0 Å². The monoisotopic (exact) mass is 505 g/mol. The molecular weight excluding hydrogens is 474 g/mol. The number of ether oxygens (including phenoxy) is 1. The highest BCUT2D eigenvalue weighted by atomic mass is 32.1. The molecule has 2 aliphatic rings. The van der Waals surface area contributed by atoms with E-state index in [1.807, 2.05) is 12.3 Å². The molecule has 9 heteroatoms. The first-order valence-electron chi connectivity index (χ1n) is 12.3. The third kappa shape index (κ3) is 4.60. The molecule has 188 valence electrons. The summed E-state index contributed by atoms with van der Waals surface area (Å²) in [7, 11) is 0. The van der Waals surface area contributed by atoms with Crippen LogP contribution >= 0.6 is 11.3 Å². The fourth-order valence-electron chi connectivity index (χ4n) is 5.14. The van der Waals surface area contributed by atoms with Crippen LogP contribution in [0.15, 0.2) is 29.8 Å². The number of amides is 2. The van der Waals surface area contributed by atoms with Crippen LogP contribution in [0.2, 0.25) is 0 Å². The van der Waals surface area contributed by atoms with Gasteiger partial charge in [0.25, 0.3) is 5.91 Å². The smallest absolute Gasteiger partial charge is 0.259 e. The van der Waals surface area contributed by atoms with Crippen molar-refractivity contribution in [3.05, 3.63) is 52.0 Å². The number of carbonyl (C=O) groups is 2. The molecule has 2 aromatic heterocycles. The maximum absolute atomic E-state index is 13.6. The molecule has 0 radical (unpaired) electrons. The number of thiazole rings is 1. The maximum atomic E-state index is 13.6. The molecule has 0 spiro atoms. The molecule has 2 aliphatic heterocycles. The zero-order valence-electron chi connectivity index (χ0n) is 21.1. The van der Waals surface area contributed by atoms with Gasteiger partial charge in [-0.15, -0.1) is 11.3 Å². The molecule has 5 rings (SSSR count). The molecule has 36 heavy (non-hydrogen) atoms. The Hall–Kier alpha value is -3.30. The van der Waals surface area contributed by atoms with E-state index in [0.29, 0.717) is 55.0 Å². The average Bonchev–Trinajstić information content (AvgIpc) is 3.44. The van der Waals surface area contributed by atoms with E-state index in [0.717, 1.165) is 28.8 Å². The third-order valence-corrected chi connectivity index (χ3v) is 7.62. The summed E-state index contributed by atoms with van der Waals surface area (Å²) >= 11 is 1.39. The van der Waals surface area contributed by atoms with Crippen LogP contribution in [0.25, 0.3) is 11.3 Å². The highest BCUT2D eigenvalue weighted by Gasteiger charge is 2.35. The van der Waals surface area contributed by atoms with E-state index in [9.17, 15) is 9.59 Å². The van der Waals surface area contributed by atoms with Crippen LogP contribution in [-0.4, -0.2) is 54.6 Å². The number of nitrogens with zero attached hydrogens (tertiary/aromatic N) is 4. The highest BCUT2D eigenvalue weighted by Crippen LogP contribution is 2.37. The lowest BCUT2D eigenvalue weighted by atomic mass is 9.98. The van der Waals surface area contributed by atoms with Gasteiger partial charge in [-0.1, -0.05) is 24.6 Å². The molecule has 1 aromatic carbocycles. The van der Waals surface area contributed by atoms with Gasteiger partial charge in [0.15, 0.2) is 10.9 Å². The fourth-order valence-corrected chi connectivity index (χ4v) is 5.83. The summed E-state index contributed by atoms with van der Waals surface area (Å²) in [5.41, 5.74) is 6.46. The van der Waals surface area contributed by atoms with E-state index in [1.54, 1.807) is 17.2 Å². The second kappa shape index (κ2) is 9.99. The lowest BCUT2D eigenvalue weighted by Crippen LogP contribution is -2.39. The summed E-state index contributed by atoms with van der Waals surface area (Å²) in [6.07, 6.45) is 2.39. The number of rotatable bonds is 5. The lowest BCUT2D eigenvalue weighted by molar-refractivity contribution is -0.119. The number of benzene rings is 1. The van der Waals surface area contributed by atoms with Crippen molar-refractivity contribution in [2.45, 2.75) is 34.1 Å². The molecule has 2 fully saturated rings. The average molecular weight is 506 g/mol. The van der Waals surface area contributed by atoms with E-state index in [-0.39, 0.29) is 17.7 Å². The predicted octanol–water partition coefficient (Wildman–Crippen LogP) is 4.59. The summed E-state index contributed by atoms with van der Waals surface area (Å²) in [6, 6.07) is 5.97. The minimum Gasteiger partial charge on any atom is -0.378 e. The van der Waals surface area contributed by atoms with E-state index >= 15 is 0 Å². The first kappa shape index (κ1) is 24.4. The number of hydrogen-bond acceptors (Lipinski definition) is 7. The van der Waals surface area contributed by atoms with Crippen molar-refractivity contribution in [1.29, 1.82) is 0 Å². The Morgan fingerprint density at radius 2 is 1.86 bits per heavy atom. The van der Waals surface area contributed by atoms with E-state index in [4.69, 9.17) is 9.72 Å². The van der Waals surface area contributed by atoms with Crippen molar-refractivity contribution in [1.82, 2.24) is 9.97 Å². The predicted molar refractivity (Wildman–Crippen MR) is 143 cm³/mol. The van der Waals surface area contributed by atoms with Crippen LogP contribution in [0.5, 0.6) is 0 Å². The molecule has 0 saturated carbocycles. The zero-order chi connectivity index (χ0) is 25.4. The maximum Gasteiger partial charge on any atom is 0.259 e. The number of aromatic nitrogens is 2. The van der Waals surface area contributed by atoms with Gasteiger partial charge in [-0.05, 0) is 44.4 Å². The minimum absolute atomic E-state index is 0.0217. The van der Waals surface area contributed by atoms with Gasteiger partial charge in [0.05, 0.1) is 30.2 Å². The van der Waals surface area contributed by atoms with Crippen molar-refractivity contribution in [2.75, 3.05) is 48.0 Å². The first-order valence-corrected chi connectivity index (χ1v) is 13.2. The Morgan fingerprint density at radius 1 is 1.14 bits per heavy atom. The van der Waals surface area contributed by atoms with Crippen molar-refractivity contribution in [2.24, 2.45) is 5.92 Å². The fraction of sp³-hybridized carbons (Fsp3) is 0.407. The molecule has 0 aliphatic carbocycles. The molecule has 1 unspecified atom stereocenters. The number of aryl methyl sites for hydroxylation is 3. The Balaban J connectivity index is 1.48. The molecule has 2 amide bonds. The van der Waals surface area contributed by atoms with Crippen LogP contribution in [0, 0.1) is 26.7 Å². The number of pyridine rings is 1. The van der Waals surface area contributed by atoms with Gasteiger partial charge in [0, 0.05) is 42.7 Å².